The zero-order valence-corrected chi connectivity index (χ0v) is 10.9. The average Bonchev–Trinajstić information content (AvgIpc) is 2.39. The molecule has 0 aliphatic rings. The Morgan fingerprint density at radius 3 is 2.84 bits per heavy atom. The Morgan fingerprint density at radius 1 is 1.32 bits per heavy atom. The molecule has 0 radical (unpaired) electrons. The highest BCUT2D eigenvalue weighted by atomic mass is 35.5. The highest BCUT2D eigenvalue weighted by Crippen LogP contribution is 2.24. The molecule has 0 aliphatic heterocycles. The topological polar surface area (TPSA) is 68.0 Å². The number of halogens is 1. The molecule has 0 bridgehead atoms. The fourth-order valence-corrected chi connectivity index (χ4v) is 1.64. The van der Waals surface area contributed by atoms with Crippen molar-refractivity contribution in [3.8, 4) is 17.7 Å². The minimum atomic E-state index is 0.233. The van der Waals surface area contributed by atoms with Crippen molar-refractivity contribution in [3.05, 3.63) is 46.9 Å². The molecule has 0 saturated heterocycles. The summed E-state index contributed by atoms with van der Waals surface area (Å²) >= 11 is 5.87. The number of para-hydroxylation sites is 1. The zero-order chi connectivity index (χ0) is 13.7. The van der Waals surface area contributed by atoms with Crippen molar-refractivity contribution < 1.29 is 9.47 Å². The summed E-state index contributed by atoms with van der Waals surface area (Å²) in [5.41, 5.74) is 0.422. The van der Waals surface area contributed by atoms with Crippen LogP contribution in [0.2, 0.25) is 5.15 Å². The van der Waals surface area contributed by atoms with Gasteiger partial charge in [0.15, 0.2) is 5.82 Å². The van der Waals surface area contributed by atoms with E-state index in [0.29, 0.717) is 17.1 Å². The molecular weight excluding hydrogens is 266 g/mol. The fraction of sp³-hybridized carbons (Fsp3) is 0.154. The Morgan fingerprint density at radius 2 is 2.11 bits per heavy atom. The average molecular weight is 276 g/mol. The molecule has 5 nitrogen and oxygen atoms in total. The Labute approximate surface area is 115 Å². The lowest BCUT2D eigenvalue weighted by Gasteiger charge is -2.07. The SMILES string of the molecule is COCc1nc(Cl)cc(Oc2ccccc2C#N)n1. The molecule has 0 saturated carbocycles. The second kappa shape index (κ2) is 6.14. The van der Waals surface area contributed by atoms with Crippen molar-refractivity contribution in [1.82, 2.24) is 9.97 Å². The van der Waals surface area contributed by atoms with Gasteiger partial charge in [0.25, 0.3) is 0 Å². The Hall–Kier alpha value is -2.16. The van der Waals surface area contributed by atoms with Gasteiger partial charge in [-0.15, -0.1) is 0 Å². The number of aromatic nitrogens is 2. The van der Waals surface area contributed by atoms with Gasteiger partial charge in [-0.25, -0.2) is 4.98 Å². The Bertz CT molecular complexity index is 626. The van der Waals surface area contributed by atoms with Crippen LogP contribution in [-0.2, 0) is 11.3 Å². The summed E-state index contributed by atoms with van der Waals surface area (Å²) in [5.74, 6) is 1.11. The van der Waals surface area contributed by atoms with Crippen LogP contribution in [0.5, 0.6) is 11.6 Å². The molecule has 2 rings (SSSR count). The number of nitrogens with zero attached hydrogens (tertiary/aromatic N) is 3. The third kappa shape index (κ3) is 3.41. The van der Waals surface area contributed by atoms with Gasteiger partial charge in [-0.1, -0.05) is 23.7 Å². The largest absolute Gasteiger partial charge is 0.437 e. The number of hydrogen-bond acceptors (Lipinski definition) is 5. The van der Waals surface area contributed by atoms with E-state index in [1.807, 2.05) is 6.07 Å². The molecule has 0 unspecified atom stereocenters. The third-order valence-corrected chi connectivity index (χ3v) is 2.41. The monoisotopic (exact) mass is 275 g/mol. The first-order chi connectivity index (χ1) is 9.22. The van der Waals surface area contributed by atoms with Gasteiger partial charge >= 0.3 is 0 Å². The molecule has 1 heterocycles. The summed E-state index contributed by atoms with van der Waals surface area (Å²) in [4.78, 5) is 8.13. The van der Waals surface area contributed by atoms with Gasteiger partial charge in [0.1, 0.15) is 23.6 Å². The molecule has 19 heavy (non-hydrogen) atoms. The lowest BCUT2D eigenvalue weighted by molar-refractivity contribution is 0.177. The maximum atomic E-state index is 8.98. The first-order valence-corrected chi connectivity index (χ1v) is 5.80. The van der Waals surface area contributed by atoms with Crippen LogP contribution in [-0.4, -0.2) is 17.1 Å². The second-order valence-corrected chi connectivity index (χ2v) is 3.98. The van der Waals surface area contributed by atoms with E-state index in [-0.39, 0.29) is 17.6 Å². The van der Waals surface area contributed by atoms with Gasteiger partial charge in [0.2, 0.25) is 5.88 Å². The van der Waals surface area contributed by atoms with Crippen molar-refractivity contribution in [2.75, 3.05) is 7.11 Å². The summed E-state index contributed by atoms with van der Waals surface area (Å²) in [6.45, 7) is 0.233. The molecule has 0 N–H and O–H groups in total. The molecule has 0 aliphatic carbocycles. The van der Waals surface area contributed by atoms with Crippen LogP contribution in [0, 0.1) is 11.3 Å². The number of ether oxygens (including phenoxy) is 2. The van der Waals surface area contributed by atoms with Crippen molar-refractivity contribution >= 4 is 11.6 Å². The normalized spacial score (nSPS) is 9.95. The first kappa shape index (κ1) is 13.3. The molecule has 1 aromatic carbocycles. The smallest absolute Gasteiger partial charge is 0.224 e. The highest BCUT2D eigenvalue weighted by molar-refractivity contribution is 6.29. The predicted octanol–water partition coefficient (Wildman–Crippen LogP) is 2.94. The molecule has 6 heteroatoms. The van der Waals surface area contributed by atoms with E-state index < -0.39 is 0 Å². The van der Waals surface area contributed by atoms with Crippen molar-refractivity contribution in [3.63, 3.8) is 0 Å². The van der Waals surface area contributed by atoms with E-state index >= 15 is 0 Å². The quantitative estimate of drug-likeness (QED) is 0.803. The summed E-state index contributed by atoms with van der Waals surface area (Å²) in [5, 5.41) is 9.24. The number of benzene rings is 1. The highest BCUT2D eigenvalue weighted by Gasteiger charge is 2.08. The number of methoxy groups -OCH3 is 1. The van der Waals surface area contributed by atoms with Crippen LogP contribution < -0.4 is 4.74 Å². The number of hydrogen-bond donors (Lipinski definition) is 0. The first-order valence-electron chi connectivity index (χ1n) is 5.42. The molecule has 0 atom stereocenters. The van der Waals surface area contributed by atoms with Gasteiger partial charge < -0.3 is 9.47 Å². The van der Waals surface area contributed by atoms with Crippen LogP contribution in [0.25, 0.3) is 0 Å². The molecular formula is C13H10ClN3O2. The van der Waals surface area contributed by atoms with Crippen LogP contribution in [0.3, 0.4) is 0 Å². The molecule has 0 spiro atoms. The third-order valence-electron chi connectivity index (χ3n) is 2.21. The second-order valence-electron chi connectivity index (χ2n) is 3.59. The Balaban J connectivity index is 2.30. The summed E-state index contributed by atoms with van der Waals surface area (Å²) in [6, 6.07) is 10.4. The molecule has 96 valence electrons. The van der Waals surface area contributed by atoms with Gasteiger partial charge in [-0.05, 0) is 12.1 Å². The minimum absolute atomic E-state index is 0.233. The standard InChI is InChI=1S/C13H10ClN3O2/c1-18-8-12-16-11(14)6-13(17-12)19-10-5-3-2-4-9(10)7-15/h2-6H,8H2,1H3. The maximum absolute atomic E-state index is 8.98. The van der Waals surface area contributed by atoms with Crippen molar-refractivity contribution in [2.45, 2.75) is 6.61 Å². The lowest BCUT2D eigenvalue weighted by Crippen LogP contribution is -1.99. The molecule has 2 aromatic rings. The maximum Gasteiger partial charge on any atom is 0.224 e. The van der Waals surface area contributed by atoms with E-state index in [2.05, 4.69) is 9.97 Å². The van der Waals surface area contributed by atoms with Crippen LogP contribution in [0.1, 0.15) is 11.4 Å². The number of nitriles is 1. The van der Waals surface area contributed by atoms with Gasteiger partial charge in [0, 0.05) is 13.2 Å². The van der Waals surface area contributed by atoms with E-state index in [1.54, 1.807) is 24.3 Å². The van der Waals surface area contributed by atoms with Crippen LogP contribution >= 0.6 is 11.6 Å². The molecule has 0 fully saturated rings. The van der Waals surface area contributed by atoms with Gasteiger partial charge in [0.05, 0.1) is 5.56 Å². The molecule has 1 aromatic heterocycles. The van der Waals surface area contributed by atoms with Crippen LogP contribution in [0.4, 0.5) is 0 Å². The zero-order valence-electron chi connectivity index (χ0n) is 10.1. The van der Waals surface area contributed by atoms with E-state index in [9.17, 15) is 0 Å². The molecule has 0 amide bonds. The number of rotatable bonds is 4. The van der Waals surface area contributed by atoms with E-state index in [0.717, 1.165) is 0 Å². The van der Waals surface area contributed by atoms with Crippen molar-refractivity contribution in [1.29, 1.82) is 5.26 Å². The van der Waals surface area contributed by atoms with Gasteiger partial charge in [-0.2, -0.15) is 10.2 Å². The fourth-order valence-electron chi connectivity index (χ4n) is 1.45. The summed E-state index contributed by atoms with van der Waals surface area (Å²) < 4.78 is 10.5. The predicted molar refractivity (Wildman–Crippen MR) is 69.0 cm³/mol. The summed E-state index contributed by atoms with van der Waals surface area (Å²) in [6.07, 6.45) is 0. The minimum Gasteiger partial charge on any atom is -0.437 e. The Kier molecular flexibility index (Phi) is 4.29. The van der Waals surface area contributed by atoms with E-state index in [4.69, 9.17) is 26.3 Å². The van der Waals surface area contributed by atoms with Crippen molar-refractivity contribution in [2.24, 2.45) is 0 Å². The van der Waals surface area contributed by atoms with E-state index in [1.165, 1.54) is 13.2 Å². The summed E-state index contributed by atoms with van der Waals surface area (Å²) in [7, 11) is 1.54. The lowest BCUT2D eigenvalue weighted by atomic mass is 10.2. The van der Waals surface area contributed by atoms with Crippen LogP contribution in [0.15, 0.2) is 30.3 Å². The van der Waals surface area contributed by atoms with Gasteiger partial charge in [-0.3, -0.25) is 0 Å².